The first-order valence-corrected chi connectivity index (χ1v) is 6.02. The van der Waals surface area contributed by atoms with Crippen molar-refractivity contribution in [2.24, 2.45) is 11.8 Å². The molecule has 0 saturated heterocycles. The van der Waals surface area contributed by atoms with Crippen LogP contribution in [0.3, 0.4) is 0 Å². The normalized spacial score (nSPS) is 31.0. The van der Waals surface area contributed by atoms with E-state index in [1.54, 1.807) is 0 Å². The molecule has 2 unspecified atom stereocenters. The lowest BCUT2D eigenvalue weighted by Gasteiger charge is -2.27. The Balaban J connectivity index is 1.85. The summed E-state index contributed by atoms with van der Waals surface area (Å²) >= 11 is 0. The Morgan fingerprint density at radius 3 is 2.47 bits per heavy atom. The first kappa shape index (κ1) is 10.7. The Morgan fingerprint density at radius 1 is 1.20 bits per heavy atom. The third-order valence-corrected chi connectivity index (χ3v) is 3.58. The summed E-state index contributed by atoms with van der Waals surface area (Å²) in [5, 5.41) is 10.7. The molecule has 2 atom stereocenters. The number of nitrogens with one attached hydrogen (secondary N) is 2. The van der Waals surface area contributed by atoms with E-state index in [0.717, 1.165) is 44.2 Å². The van der Waals surface area contributed by atoms with Crippen molar-refractivity contribution in [3.63, 3.8) is 0 Å². The molecule has 3 nitrogen and oxygen atoms in total. The standard InChI is InChI=1S/C12H20N2O/c1-8(13)9-3-2-4-10(7-9)12(15)14-11-5-6-11/h9-11,13H,2-7H2,1H3,(H,14,15). The van der Waals surface area contributed by atoms with E-state index in [1.807, 2.05) is 6.92 Å². The summed E-state index contributed by atoms with van der Waals surface area (Å²) in [7, 11) is 0. The molecule has 0 aliphatic heterocycles. The van der Waals surface area contributed by atoms with E-state index in [4.69, 9.17) is 5.41 Å². The van der Waals surface area contributed by atoms with Crippen LogP contribution in [-0.2, 0) is 4.79 Å². The van der Waals surface area contributed by atoms with Crippen molar-refractivity contribution in [2.75, 3.05) is 0 Å². The van der Waals surface area contributed by atoms with Gasteiger partial charge in [0.25, 0.3) is 0 Å². The van der Waals surface area contributed by atoms with Crippen LogP contribution in [0.15, 0.2) is 0 Å². The Hall–Kier alpha value is -0.860. The van der Waals surface area contributed by atoms with Crippen molar-refractivity contribution < 1.29 is 4.79 Å². The van der Waals surface area contributed by atoms with Crippen LogP contribution in [0, 0.1) is 17.2 Å². The van der Waals surface area contributed by atoms with E-state index < -0.39 is 0 Å². The molecule has 1 amide bonds. The fourth-order valence-corrected chi connectivity index (χ4v) is 2.37. The van der Waals surface area contributed by atoms with Crippen LogP contribution in [0.1, 0.15) is 45.4 Å². The second kappa shape index (κ2) is 4.33. The molecule has 0 aromatic rings. The highest BCUT2D eigenvalue weighted by Crippen LogP contribution is 2.30. The lowest BCUT2D eigenvalue weighted by molar-refractivity contribution is -0.126. The molecule has 2 aliphatic rings. The van der Waals surface area contributed by atoms with Crippen LogP contribution >= 0.6 is 0 Å². The highest BCUT2D eigenvalue weighted by atomic mass is 16.2. The van der Waals surface area contributed by atoms with E-state index in [9.17, 15) is 4.79 Å². The minimum absolute atomic E-state index is 0.171. The highest BCUT2D eigenvalue weighted by molar-refractivity contribution is 5.84. The molecular weight excluding hydrogens is 188 g/mol. The predicted octanol–water partition coefficient (Wildman–Crippen LogP) is 2.11. The van der Waals surface area contributed by atoms with Crippen LogP contribution in [0.5, 0.6) is 0 Å². The number of hydrogen-bond donors (Lipinski definition) is 2. The zero-order chi connectivity index (χ0) is 10.8. The van der Waals surface area contributed by atoms with E-state index >= 15 is 0 Å². The Labute approximate surface area is 91.1 Å². The molecule has 0 radical (unpaired) electrons. The van der Waals surface area contributed by atoms with Crippen molar-refractivity contribution in [1.82, 2.24) is 5.32 Å². The first-order valence-electron chi connectivity index (χ1n) is 6.02. The maximum absolute atomic E-state index is 11.8. The van der Waals surface area contributed by atoms with Crippen LogP contribution < -0.4 is 5.32 Å². The van der Waals surface area contributed by atoms with Crippen molar-refractivity contribution in [2.45, 2.75) is 51.5 Å². The second-order valence-electron chi connectivity index (χ2n) is 5.03. The van der Waals surface area contributed by atoms with Crippen molar-refractivity contribution >= 4 is 11.6 Å². The van der Waals surface area contributed by atoms with Gasteiger partial charge < -0.3 is 10.7 Å². The molecule has 0 aromatic carbocycles. The fourth-order valence-electron chi connectivity index (χ4n) is 2.37. The molecule has 2 rings (SSSR count). The van der Waals surface area contributed by atoms with Crippen LogP contribution in [0.25, 0.3) is 0 Å². The monoisotopic (exact) mass is 208 g/mol. The van der Waals surface area contributed by atoms with E-state index in [-0.39, 0.29) is 11.8 Å². The molecule has 2 N–H and O–H groups in total. The van der Waals surface area contributed by atoms with Gasteiger partial charge in [-0.2, -0.15) is 0 Å². The number of carbonyl (C=O) groups is 1. The SMILES string of the molecule is CC(=N)C1CCCC(C(=O)NC2CC2)C1. The van der Waals surface area contributed by atoms with Gasteiger partial charge in [-0.15, -0.1) is 0 Å². The smallest absolute Gasteiger partial charge is 0.223 e. The van der Waals surface area contributed by atoms with Crippen LogP contribution in [0.4, 0.5) is 0 Å². The molecule has 84 valence electrons. The largest absolute Gasteiger partial charge is 0.353 e. The third kappa shape index (κ3) is 2.80. The molecule has 0 aromatic heterocycles. The first-order chi connectivity index (χ1) is 7.16. The number of hydrogen-bond acceptors (Lipinski definition) is 2. The van der Waals surface area contributed by atoms with Gasteiger partial charge in [-0.05, 0) is 44.9 Å². The summed E-state index contributed by atoms with van der Waals surface area (Å²) < 4.78 is 0. The quantitative estimate of drug-likeness (QED) is 0.686. The number of rotatable bonds is 3. The maximum Gasteiger partial charge on any atom is 0.223 e. The van der Waals surface area contributed by atoms with Crippen molar-refractivity contribution in [3.8, 4) is 0 Å². The van der Waals surface area contributed by atoms with Gasteiger partial charge in [-0.1, -0.05) is 6.42 Å². The molecule has 0 bridgehead atoms. The minimum Gasteiger partial charge on any atom is -0.353 e. The molecule has 2 fully saturated rings. The summed E-state index contributed by atoms with van der Waals surface area (Å²) in [6, 6.07) is 0.471. The van der Waals surface area contributed by atoms with Crippen molar-refractivity contribution in [1.29, 1.82) is 5.41 Å². The van der Waals surface area contributed by atoms with Gasteiger partial charge in [-0.3, -0.25) is 4.79 Å². The van der Waals surface area contributed by atoms with Crippen molar-refractivity contribution in [3.05, 3.63) is 0 Å². The number of amides is 1. The van der Waals surface area contributed by atoms with Gasteiger partial charge in [0, 0.05) is 17.7 Å². The van der Waals surface area contributed by atoms with Gasteiger partial charge in [0.05, 0.1) is 0 Å². The van der Waals surface area contributed by atoms with Gasteiger partial charge in [0.2, 0.25) is 5.91 Å². The summed E-state index contributed by atoms with van der Waals surface area (Å²) in [6.07, 6.45) is 6.43. The molecule has 3 heteroatoms. The summed E-state index contributed by atoms with van der Waals surface area (Å²) in [4.78, 5) is 11.8. The lowest BCUT2D eigenvalue weighted by atomic mass is 9.79. The molecule has 0 spiro atoms. The predicted molar refractivity (Wildman–Crippen MR) is 60.0 cm³/mol. The van der Waals surface area contributed by atoms with Crippen LogP contribution in [0.2, 0.25) is 0 Å². The summed E-state index contributed by atoms with van der Waals surface area (Å²) in [5.41, 5.74) is 0.749. The molecule has 2 aliphatic carbocycles. The Kier molecular flexibility index (Phi) is 3.08. The van der Waals surface area contributed by atoms with Crippen LogP contribution in [-0.4, -0.2) is 17.7 Å². The fraction of sp³-hybridized carbons (Fsp3) is 0.833. The van der Waals surface area contributed by atoms with E-state index in [2.05, 4.69) is 5.32 Å². The number of carbonyl (C=O) groups excluding carboxylic acids is 1. The Morgan fingerprint density at radius 2 is 1.87 bits per heavy atom. The van der Waals surface area contributed by atoms with E-state index in [0.29, 0.717) is 12.0 Å². The summed E-state index contributed by atoms with van der Waals surface area (Å²) in [6.45, 7) is 1.87. The summed E-state index contributed by atoms with van der Waals surface area (Å²) in [5.74, 6) is 0.766. The van der Waals surface area contributed by atoms with Gasteiger partial charge in [0.15, 0.2) is 0 Å². The van der Waals surface area contributed by atoms with E-state index in [1.165, 1.54) is 0 Å². The lowest BCUT2D eigenvalue weighted by Crippen LogP contribution is -2.36. The Bertz CT molecular complexity index is 271. The molecule has 15 heavy (non-hydrogen) atoms. The highest BCUT2D eigenvalue weighted by Gasteiger charge is 2.31. The van der Waals surface area contributed by atoms with Gasteiger partial charge in [-0.25, -0.2) is 0 Å². The second-order valence-corrected chi connectivity index (χ2v) is 5.03. The molecular formula is C12H20N2O. The molecule has 0 heterocycles. The maximum atomic E-state index is 11.8. The third-order valence-electron chi connectivity index (χ3n) is 3.58. The van der Waals surface area contributed by atoms with Gasteiger partial charge >= 0.3 is 0 Å². The molecule has 2 saturated carbocycles. The zero-order valence-corrected chi connectivity index (χ0v) is 9.38. The van der Waals surface area contributed by atoms with Gasteiger partial charge in [0.1, 0.15) is 0 Å². The zero-order valence-electron chi connectivity index (χ0n) is 9.38. The average Bonchev–Trinajstić information content (AvgIpc) is 3.02. The average molecular weight is 208 g/mol. The minimum atomic E-state index is 0.171. The topological polar surface area (TPSA) is 53.0 Å².